The molecular formula is C20H21N7O3. The first-order valence-electron chi connectivity index (χ1n) is 9.61. The normalized spacial score (nSPS) is 20.7. The van der Waals surface area contributed by atoms with Gasteiger partial charge in [-0.3, -0.25) is 9.78 Å². The molecule has 0 aliphatic carbocycles. The van der Waals surface area contributed by atoms with Crippen molar-refractivity contribution in [1.29, 1.82) is 0 Å². The molecule has 1 unspecified atom stereocenters. The highest BCUT2D eigenvalue weighted by molar-refractivity contribution is 6.07. The van der Waals surface area contributed by atoms with Crippen molar-refractivity contribution in [2.75, 3.05) is 42.4 Å². The lowest BCUT2D eigenvalue weighted by Crippen LogP contribution is -2.62. The fourth-order valence-electron chi connectivity index (χ4n) is 3.89. The molecule has 5 rings (SSSR count). The Morgan fingerprint density at radius 2 is 2.00 bits per heavy atom. The standard InChI is InChI=1S/C20H21N7O3/c1-12-21-10-16(30-12)14-5-4-13(8-22-14)24-19-23-9-15-17(25-19)27(3)20(6-7-29-11-20)18(28)26(15)2/h4-5,8-10H,6-7,11H2,1-3H3,(H,23,24,25). The van der Waals surface area contributed by atoms with E-state index in [2.05, 4.69) is 25.3 Å². The van der Waals surface area contributed by atoms with Crippen molar-refractivity contribution in [2.24, 2.45) is 0 Å². The molecule has 1 saturated heterocycles. The van der Waals surface area contributed by atoms with Gasteiger partial charge >= 0.3 is 0 Å². The minimum Gasteiger partial charge on any atom is -0.439 e. The monoisotopic (exact) mass is 407 g/mol. The molecule has 10 heteroatoms. The van der Waals surface area contributed by atoms with Crippen LogP contribution in [0.25, 0.3) is 11.5 Å². The third-order valence-corrected chi connectivity index (χ3v) is 5.67. The molecule has 0 radical (unpaired) electrons. The van der Waals surface area contributed by atoms with Crippen LogP contribution in [-0.4, -0.2) is 58.7 Å². The Balaban J connectivity index is 1.42. The third-order valence-electron chi connectivity index (χ3n) is 5.67. The Labute approximate surface area is 172 Å². The Kier molecular flexibility index (Phi) is 4.17. The van der Waals surface area contributed by atoms with Crippen LogP contribution in [0, 0.1) is 6.92 Å². The average Bonchev–Trinajstić information content (AvgIpc) is 3.42. The number of nitrogens with zero attached hydrogens (tertiary/aromatic N) is 6. The van der Waals surface area contributed by atoms with Crippen LogP contribution in [0.2, 0.25) is 0 Å². The van der Waals surface area contributed by atoms with Crippen molar-refractivity contribution >= 4 is 29.0 Å². The van der Waals surface area contributed by atoms with Crippen LogP contribution < -0.4 is 15.1 Å². The van der Waals surface area contributed by atoms with E-state index in [1.807, 2.05) is 24.1 Å². The predicted octanol–water partition coefficient (Wildman–Crippen LogP) is 2.15. The third kappa shape index (κ3) is 2.79. The number of amides is 1. The minimum absolute atomic E-state index is 0.00162. The summed E-state index contributed by atoms with van der Waals surface area (Å²) in [6.45, 7) is 2.69. The van der Waals surface area contributed by atoms with Crippen molar-refractivity contribution in [1.82, 2.24) is 19.9 Å². The van der Waals surface area contributed by atoms with Crippen LogP contribution in [0.1, 0.15) is 12.3 Å². The van der Waals surface area contributed by atoms with E-state index in [0.717, 1.165) is 5.69 Å². The molecule has 3 aromatic rings. The highest BCUT2D eigenvalue weighted by Gasteiger charge is 2.52. The van der Waals surface area contributed by atoms with Gasteiger partial charge in [-0.2, -0.15) is 4.98 Å². The second kappa shape index (κ2) is 6.77. The van der Waals surface area contributed by atoms with Gasteiger partial charge in [0.05, 0.1) is 30.9 Å². The molecule has 1 N–H and O–H groups in total. The fourth-order valence-corrected chi connectivity index (χ4v) is 3.89. The highest BCUT2D eigenvalue weighted by Crippen LogP contribution is 2.41. The van der Waals surface area contributed by atoms with Gasteiger partial charge in [-0.1, -0.05) is 0 Å². The smallest absolute Gasteiger partial charge is 0.255 e. The Morgan fingerprint density at radius 1 is 1.13 bits per heavy atom. The Morgan fingerprint density at radius 3 is 2.67 bits per heavy atom. The average molecular weight is 407 g/mol. The summed E-state index contributed by atoms with van der Waals surface area (Å²) in [5.41, 5.74) is 1.37. The minimum atomic E-state index is -0.716. The summed E-state index contributed by atoms with van der Waals surface area (Å²) in [5.74, 6) is 2.31. The van der Waals surface area contributed by atoms with Crippen molar-refractivity contribution in [3.63, 3.8) is 0 Å². The van der Waals surface area contributed by atoms with Crippen molar-refractivity contribution < 1.29 is 13.9 Å². The molecule has 0 bridgehead atoms. The van der Waals surface area contributed by atoms with E-state index in [9.17, 15) is 4.79 Å². The molecule has 1 spiro atoms. The van der Waals surface area contributed by atoms with Gasteiger partial charge in [0.1, 0.15) is 16.9 Å². The molecule has 1 atom stereocenters. The lowest BCUT2D eigenvalue weighted by Gasteiger charge is -2.44. The number of anilines is 4. The quantitative estimate of drug-likeness (QED) is 0.698. The molecule has 0 aromatic carbocycles. The van der Waals surface area contributed by atoms with E-state index in [1.165, 1.54) is 0 Å². The molecule has 10 nitrogen and oxygen atoms in total. The first-order valence-corrected chi connectivity index (χ1v) is 9.61. The van der Waals surface area contributed by atoms with Crippen molar-refractivity contribution in [3.05, 3.63) is 36.6 Å². The lowest BCUT2D eigenvalue weighted by molar-refractivity contribution is -0.123. The molecule has 30 heavy (non-hydrogen) atoms. The van der Waals surface area contributed by atoms with E-state index in [4.69, 9.17) is 9.15 Å². The maximum Gasteiger partial charge on any atom is 0.255 e. The Hall–Kier alpha value is -3.53. The zero-order valence-corrected chi connectivity index (χ0v) is 16.9. The first-order chi connectivity index (χ1) is 14.5. The highest BCUT2D eigenvalue weighted by atomic mass is 16.5. The number of carbonyl (C=O) groups is 1. The van der Waals surface area contributed by atoms with Gasteiger partial charge in [0.2, 0.25) is 5.95 Å². The summed E-state index contributed by atoms with van der Waals surface area (Å²) in [6, 6.07) is 3.71. The summed E-state index contributed by atoms with van der Waals surface area (Å²) < 4.78 is 11.0. The van der Waals surface area contributed by atoms with Gasteiger partial charge in [-0.15, -0.1) is 0 Å². The maximum atomic E-state index is 13.0. The molecule has 2 aliphatic heterocycles. The molecule has 2 aliphatic rings. The second-order valence-electron chi connectivity index (χ2n) is 7.46. The number of ether oxygens (including phenoxy) is 1. The van der Waals surface area contributed by atoms with Crippen LogP contribution in [0.3, 0.4) is 0 Å². The largest absolute Gasteiger partial charge is 0.439 e. The number of pyridine rings is 1. The summed E-state index contributed by atoms with van der Waals surface area (Å²) >= 11 is 0. The van der Waals surface area contributed by atoms with E-state index in [0.29, 0.717) is 54.4 Å². The zero-order valence-electron chi connectivity index (χ0n) is 16.9. The molecule has 1 amide bonds. The van der Waals surface area contributed by atoms with Gasteiger partial charge in [0.25, 0.3) is 5.91 Å². The topological polar surface area (TPSA) is 110 Å². The molecule has 1 fully saturated rings. The van der Waals surface area contributed by atoms with Crippen molar-refractivity contribution in [3.8, 4) is 11.5 Å². The number of rotatable bonds is 3. The molecule has 154 valence electrons. The molecule has 0 saturated carbocycles. The summed E-state index contributed by atoms with van der Waals surface area (Å²) in [6.07, 6.45) is 5.61. The van der Waals surface area contributed by atoms with Crippen LogP contribution in [0.15, 0.2) is 35.1 Å². The molecular weight excluding hydrogens is 386 g/mol. The molecule has 3 aromatic heterocycles. The number of carbonyl (C=O) groups excluding carboxylic acids is 1. The number of hydrogen-bond donors (Lipinski definition) is 1. The summed E-state index contributed by atoms with van der Waals surface area (Å²) in [4.78, 5) is 34.0. The van der Waals surface area contributed by atoms with E-state index in [1.54, 1.807) is 37.5 Å². The summed E-state index contributed by atoms with van der Waals surface area (Å²) in [7, 11) is 3.63. The van der Waals surface area contributed by atoms with Gasteiger partial charge in [0.15, 0.2) is 17.5 Å². The number of aromatic nitrogens is 4. The second-order valence-corrected chi connectivity index (χ2v) is 7.46. The van der Waals surface area contributed by atoms with E-state index < -0.39 is 5.54 Å². The number of fused-ring (bicyclic) bond motifs is 1. The van der Waals surface area contributed by atoms with Crippen LogP contribution in [-0.2, 0) is 9.53 Å². The summed E-state index contributed by atoms with van der Waals surface area (Å²) in [5, 5.41) is 3.17. The molecule has 5 heterocycles. The SMILES string of the molecule is Cc1ncc(-c2ccc(Nc3ncc4c(n3)N(C)C3(CCOC3)C(=O)N4C)cn2)o1. The van der Waals surface area contributed by atoms with E-state index >= 15 is 0 Å². The Bertz CT molecular complexity index is 1110. The zero-order chi connectivity index (χ0) is 20.9. The first kappa shape index (κ1) is 18.5. The lowest BCUT2D eigenvalue weighted by atomic mass is 9.92. The van der Waals surface area contributed by atoms with Gasteiger partial charge in [0, 0.05) is 34.0 Å². The number of aryl methyl sites for hydroxylation is 1. The van der Waals surface area contributed by atoms with E-state index in [-0.39, 0.29) is 5.91 Å². The van der Waals surface area contributed by atoms with Crippen LogP contribution >= 0.6 is 0 Å². The number of hydrogen-bond acceptors (Lipinski definition) is 9. The predicted molar refractivity (Wildman–Crippen MR) is 110 cm³/mol. The maximum absolute atomic E-state index is 13.0. The number of oxazole rings is 1. The van der Waals surface area contributed by atoms with Crippen molar-refractivity contribution in [2.45, 2.75) is 18.9 Å². The van der Waals surface area contributed by atoms with Crippen LogP contribution in [0.4, 0.5) is 23.1 Å². The number of likely N-dealkylation sites (N-methyl/N-ethyl adjacent to an activating group) is 2. The van der Waals surface area contributed by atoms with Gasteiger partial charge in [-0.25, -0.2) is 9.97 Å². The number of nitrogens with one attached hydrogen (secondary N) is 1. The van der Waals surface area contributed by atoms with Crippen LogP contribution in [0.5, 0.6) is 0 Å². The van der Waals surface area contributed by atoms with Gasteiger partial charge in [-0.05, 0) is 12.1 Å². The fraction of sp³-hybridized carbons (Fsp3) is 0.350. The van der Waals surface area contributed by atoms with Gasteiger partial charge < -0.3 is 24.3 Å².